The number of halogens is 1. The van der Waals surface area contributed by atoms with Gasteiger partial charge in [-0.25, -0.2) is 9.78 Å². The van der Waals surface area contributed by atoms with Crippen LogP contribution in [0, 0.1) is 0 Å². The number of carbonyl (C=O) groups excluding carboxylic acids is 2. The van der Waals surface area contributed by atoms with Crippen LogP contribution in [0.15, 0.2) is 42.5 Å². The van der Waals surface area contributed by atoms with Gasteiger partial charge in [0, 0.05) is 5.02 Å². The fraction of sp³-hybridized carbons (Fsp3) is 0.318. The zero-order valence-corrected chi connectivity index (χ0v) is 18.6. The van der Waals surface area contributed by atoms with Gasteiger partial charge >= 0.3 is 5.97 Å². The van der Waals surface area contributed by atoms with Crippen LogP contribution < -0.4 is 10.1 Å². The van der Waals surface area contributed by atoms with Crippen molar-refractivity contribution in [2.75, 3.05) is 11.9 Å². The SMILES string of the molecule is CCCCOC(=O)c1ccc2nc(NC(=O)C(C)(C)Oc3ccc(Cl)cc3)sc2c1. The van der Waals surface area contributed by atoms with Crippen LogP contribution in [0.1, 0.15) is 44.0 Å². The summed E-state index contributed by atoms with van der Waals surface area (Å²) in [6.45, 7) is 5.79. The largest absolute Gasteiger partial charge is 0.478 e. The number of fused-ring (bicyclic) bond motifs is 1. The van der Waals surface area contributed by atoms with Gasteiger partial charge in [-0.1, -0.05) is 36.3 Å². The molecule has 0 unspecified atom stereocenters. The van der Waals surface area contributed by atoms with Crippen molar-refractivity contribution in [2.45, 2.75) is 39.2 Å². The maximum absolute atomic E-state index is 12.7. The van der Waals surface area contributed by atoms with Gasteiger partial charge in [-0.15, -0.1) is 0 Å². The first kappa shape index (κ1) is 22.1. The molecule has 3 aromatic rings. The Balaban J connectivity index is 1.69. The van der Waals surface area contributed by atoms with Crippen molar-refractivity contribution in [3.05, 3.63) is 53.1 Å². The number of aromatic nitrogens is 1. The molecule has 0 atom stereocenters. The van der Waals surface area contributed by atoms with Gasteiger partial charge in [0.1, 0.15) is 5.75 Å². The summed E-state index contributed by atoms with van der Waals surface area (Å²) in [7, 11) is 0. The summed E-state index contributed by atoms with van der Waals surface area (Å²) in [5.41, 5.74) is 0.0308. The second kappa shape index (κ2) is 9.45. The predicted octanol–water partition coefficient (Wildman–Crippen LogP) is 5.70. The minimum Gasteiger partial charge on any atom is -0.478 e. The molecule has 0 fully saturated rings. The van der Waals surface area contributed by atoms with Gasteiger partial charge in [0.2, 0.25) is 0 Å². The summed E-state index contributed by atoms with van der Waals surface area (Å²) in [4.78, 5) is 29.3. The summed E-state index contributed by atoms with van der Waals surface area (Å²) in [5, 5.41) is 3.82. The highest BCUT2D eigenvalue weighted by Gasteiger charge is 2.31. The first-order chi connectivity index (χ1) is 14.3. The number of hydrogen-bond donors (Lipinski definition) is 1. The first-order valence-electron chi connectivity index (χ1n) is 9.62. The Bertz CT molecular complexity index is 1050. The number of hydrogen-bond acceptors (Lipinski definition) is 6. The smallest absolute Gasteiger partial charge is 0.338 e. The lowest BCUT2D eigenvalue weighted by Crippen LogP contribution is -2.42. The van der Waals surface area contributed by atoms with E-state index in [-0.39, 0.29) is 11.9 Å². The Labute approximate surface area is 184 Å². The highest BCUT2D eigenvalue weighted by atomic mass is 35.5. The van der Waals surface area contributed by atoms with Crippen LogP contribution >= 0.6 is 22.9 Å². The Morgan fingerprint density at radius 1 is 1.17 bits per heavy atom. The fourth-order valence-electron chi connectivity index (χ4n) is 2.59. The lowest BCUT2D eigenvalue weighted by atomic mass is 10.1. The molecule has 0 radical (unpaired) electrons. The number of unbranched alkanes of at least 4 members (excludes halogenated alkanes) is 1. The second-order valence-corrected chi connectivity index (χ2v) is 8.68. The topological polar surface area (TPSA) is 77.5 Å². The number of anilines is 1. The standard InChI is InChI=1S/C22H23ClN2O4S/c1-4-5-12-28-19(26)14-6-11-17-18(13-14)30-21(24-17)25-20(27)22(2,3)29-16-9-7-15(23)8-10-16/h6-11,13H,4-5,12H2,1-3H3,(H,24,25,27). The quantitative estimate of drug-likeness (QED) is 0.354. The summed E-state index contributed by atoms with van der Waals surface area (Å²) < 4.78 is 11.8. The van der Waals surface area contributed by atoms with E-state index in [1.54, 1.807) is 56.3 Å². The van der Waals surface area contributed by atoms with E-state index in [0.717, 1.165) is 17.5 Å². The molecule has 30 heavy (non-hydrogen) atoms. The second-order valence-electron chi connectivity index (χ2n) is 7.21. The summed E-state index contributed by atoms with van der Waals surface area (Å²) in [6.07, 6.45) is 1.79. The van der Waals surface area contributed by atoms with Crippen LogP contribution in [0.5, 0.6) is 5.75 Å². The summed E-state index contributed by atoms with van der Waals surface area (Å²) >= 11 is 7.17. The molecule has 3 rings (SSSR count). The Kier molecular flexibility index (Phi) is 6.95. The van der Waals surface area contributed by atoms with Crippen LogP contribution in [-0.4, -0.2) is 29.1 Å². The molecule has 0 saturated carbocycles. The average Bonchev–Trinajstić information content (AvgIpc) is 3.11. The van der Waals surface area contributed by atoms with E-state index in [1.165, 1.54) is 11.3 Å². The zero-order valence-electron chi connectivity index (χ0n) is 17.0. The highest BCUT2D eigenvalue weighted by molar-refractivity contribution is 7.22. The van der Waals surface area contributed by atoms with Gasteiger partial charge in [-0.05, 0) is 62.7 Å². The van der Waals surface area contributed by atoms with E-state index < -0.39 is 5.60 Å². The lowest BCUT2D eigenvalue weighted by molar-refractivity contribution is -0.128. The maximum atomic E-state index is 12.7. The number of thiazole rings is 1. The third-order valence-electron chi connectivity index (χ3n) is 4.31. The molecule has 6 nitrogen and oxygen atoms in total. The van der Waals surface area contributed by atoms with Crippen molar-refractivity contribution >= 4 is 50.2 Å². The monoisotopic (exact) mass is 446 g/mol. The number of rotatable bonds is 8. The number of ether oxygens (including phenoxy) is 2. The van der Waals surface area contributed by atoms with Crippen molar-refractivity contribution in [2.24, 2.45) is 0 Å². The molecule has 1 amide bonds. The molecular weight excluding hydrogens is 424 g/mol. The number of amides is 1. The van der Waals surface area contributed by atoms with E-state index in [4.69, 9.17) is 21.1 Å². The van der Waals surface area contributed by atoms with Crippen molar-refractivity contribution in [1.82, 2.24) is 4.98 Å². The molecule has 0 bridgehead atoms. The Hall–Kier alpha value is -2.64. The van der Waals surface area contributed by atoms with E-state index in [9.17, 15) is 9.59 Å². The van der Waals surface area contributed by atoms with E-state index in [1.807, 2.05) is 6.92 Å². The first-order valence-corrected chi connectivity index (χ1v) is 10.8. The van der Waals surface area contributed by atoms with Gasteiger partial charge in [0.15, 0.2) is 10.7 Å². The van der Waals surface area contributed by atoms with Crippen LogP contribution in [0.3, 0.4) is 0 Å². The van der Waals surface area contributed by atoms with E-state index in [2.05, 4.69) is 10.3 Å². The van der Waals surface area contributed by atoms with E-state index >= 15 is 0 Å². The number of esters is 1. The van der Waals surface area contributed by atoms with E-state index in [0.29, 0.717) is 33.6 Å². The number of nitrogens with one attached hydrogen (secondary N) is 1. The number of nitrogens with zero attached hydrogens (tertiary/aromatic N) is 1. The molecule has 0 aliphatic rings. The Morgan fingerprint density at radius 2 is 1.90 bits per heavy atom. The maximum Gasteiger partial charge on any atom is 0.338 e. The van der Waals surface area contributed by atoms with Crippen LogP contribution in [-0.2, 0) is 9.53 Å². The van der Waals surface area contributed by atoms with Crippen LogP contribution in [0.2, 0.25) is 5.02 Å². The lowest BCUT2D eigenvalue weighted by Gasteiger charge is -2.24. The number of carbonyl (C=O) groups is 2. The molecule has 0 saturated heterocycles. The predicted molar refractivity (Wildman–Crippen MR) is 120 cm³/mol. The molecule has 1 heterocycles. The molecule has 1 N–H and O–H groups in total. The van der Waals surface area contributed by atoms with Gasteiger partial charge in [0.25, 0.3) is 5.91 Å². The van der Waals surface area contributed by atoms with Crippen molar-refractivity contribution in [1.29, 1.82) is 0 Å². The van der Waals surface area contributed by atoms with Crippen LogP contribution in [0.25, 0.3) is 10.2 Å². The van der Waals surface area contributed by atoms with Gasteiger partial charge in [0.05, 0.1) is 22.4 Å². The highest BCUT2D eigenvalue weighted by Crippen LogP contribution is 2.28. The molecular formula is C22H23ClN2O4S. The minimum atomic E-state index is -1.13. The molecule has 8 heteroatoms. The summed E-state index contributed by atoms with van der Waals surface area (Å²) in [5.74, 6) is -0.160. The van der Waals surface area contributed by atoms with Gasteiger partial charge < -0.3 is 9.47 Å². The molecule has 1 aromatic heterocycles. The Morgan fingerprint density at radius 3 is 2.60 bits per heavy atom. The number of benzene rings is 2. The zero-order chi connectivity index (χ0) is 21.7. The minimum absolute atomic E-state index is 0.337. The van der Waals surface area contributed by atoms with Gasteiger partial charge in [-0.2, -0.15) is 0 Å². The van der Waals surface area contributed by atoms with Crippen molar-refractivity contribution in [3.63, 3.8) is 0 Å². The van der Waals surface area contributed by atoms with Crippen molar-refractivity contribution in [3.8, 4) is 5.75 Å². The molecule has 0 spiro atoms. The fourth-order valence-corrected chi connectivity index (χ4v) is 3.62. The third-order valence-corrected chi connectivity index (χ3v) is 5.49. The molecule has 0 aliphatic heterocycles. The molecule has 0 aliphatic carbocycles. The third kappa shape index (κ3) is 5.49. The van der Waals surface area contributed by atoms with Crippen LogP contribution in [0.4, 0.5) is 5.13 Å². The van der Waals surface area contributed by atoms with Gasteiger partial charge in [-0.3, -0.25) is 10.1 Å². The summed E-state index contributed by atoms with van der Waals surface area (Å²) in [6, 6.07) is 12.0. The molecule has 2 aromatic carbocycles. The van der Waals surface area contributed by atoms with Crippen molar-refractivity contribution < 1.29 is 19.1 Å². The average molecular weight is 447 g/mol. The normalized spacial score (nSPS) is 11.3. The molecule has 158 valence electrons.